The molecule has 0 fully saturated rings. The van der Waals surface area contributed by atoms with E-state index in [9.17, 15) is 17.6 Å². The van der Waals surface area contributed by atoms with Gasteiger partial charge in [-0.15, -0.1) is 0 Å². The topological polar surface area (TPSA) is 0 Å². The first-order valence-electron chi connectivity index (χ1n) is 4.18. The Kier molecular flexibility index (Phi) is 3.05. The molecular weight excluding hydrogens is 228 g/mol. The van der Waals surface area contributed by atoms with Crippen LogP contribution in [-0.4, -0.2) is 18.8 Å². The smallest absolute Gasteiger partial charge is 0.174 e. The van der Waals surface area contributed by atoms with E-state index in [1.807, 2.05) is 0 Å². The van der Waals surface area contributed by atoms with Gasteiger partial charge in [-0.25, -0.2) is 27.6 Å². The highest BCUT2D eigenvalue weighted by Crippen LogP contribution is 2.49. The van der Waals surface area contributed by atoms with Crippen LogP contribution in [0.25, 0.3) is 0 Å². The van der Waals surface area contributed by atoms with E-state index in [0.717, 1.165) is 6.92 Å². The molecule has 1 aromatic rings. The summed E-state index contributed by atoms with van der Waals surface area (Å²) in [6.07, 6.45) is 4.72. The number of hydrogen-bond donors (Lipinski definition) is 0. The van der Waals surface area contributed by atoms with Gasteiger partial charge >= 0.3 is 0 Å². The summed E-state index contributed by atoms with van der Waals surface area (Å²) in [6, 6.07) is 0. The summed E-state index contributed by atoms with van der Waals surface area (Å²) in [5, 5.41) is 0. The van der Waals surface area contributed by atoms with Gasteiger partial charge in [0, 0.05) is 5.56 Å². The van der Waals surface area contributed by atoms with Gasteiger partial charge in [-0.1, -0.05) is 0 Å². The van der Waals surface area contributed by atoms with Crippen molar-refractivity contribution in [2.45, 2.75) is 11.8 Å². The second-order valence-electron chi connectivity index (χ2n) is 4.05. The Morgan fingerprint density at radius 2 is 1.07 bits per heavy atom. The molecule has 0 aromatic heterocycles. The third-order valence-electron chi connectivity index (χ3n) is 2.05. The average Bonchev–Trinajstić information content (AvgIpc) is 2.09. The molecule has 0 saturated carbocycles. The Labute approximate surface area is 87.6 Å². The van der Waals surface area contributed by atoms with E-state index in [1.165, 1.54) is 0 Å². The van der Waals surface area contributed by atoms with E-state index >= 15 is 0 Å². The Morgan fingerprint density at radius 1 is 0.733 bits per heavy atom. The van der Waals surface area contributed by atoms with Crippen LogP contribution in [0.5, 0.6) is 0 Å². The largest absolute Gasteiger partial charge is 0.218 e. The lowest BCUT2D eigenvalue weighted by Crippen LogP contribution is -2.08. The lowest BCUT2D eigenvalue weighted by molar-refractivity contribution is 0.417. The van der Waals surface area contributed by atoms with Crippen LogP contribution in [-0.2, 0) is 0 Å². The second kappa shape index (κ2) is 3.70. The Hall–Kier alpha value is -0.710. The molecule has 0 radical (unpaired) electrons. The van der Waals surface area contributed by atoms with Gasteiger partial charge in [0.05, 0.1) is 4.90 Å². The molecule has 1 rings (SSSR count). The third kappa shape index (κ3) is 1.97. The summed E-state index contributed by atoms with van der Waals surface area (Å²) in [4.78, 5) is -0.469. The first-order chi connectivity index (χ1) is 6.68. The lowest BCUT2D eigenvalue weighted by Gasteiger charge is -2.27. The van der Waals surface area contributed by atoms with Crippen LogP contribution in [0.4, 0.5) is 17.6 Å². The van der Waals surface area contributed by atoms with Crippen molar-refractivity contribution >= 4 is 10.0 Å². The molecule has 0 bridgehead atoms. The van der Waals surface area contributed by atoms with Gasteiger partial charge in [-0.2, -0.15) is 0 Å². The molecule has 86 valence electrons. The maximum absolute atomic E-state index is 13.4. The second-order valence-corrected chi connectivity index (χ2v) is 8.13. The molecule has 1 aromatic carbocycles. The van der Waals surface area contributed by atoms with Crippen molar-refractivity contribution in [3.63, 3.8) is 0 Å². The number of halogens is 4. The summed E-state index contributed by atoms with van der Waals surface area (Å²) in [5.74, 6) is -5.14. The molecule has 0 N–H and O–H groups in total. The standard InChI is InChI=1S/C10H12F4S/c1-5-6(11)8(13)10(15(2,3)4)9(14)7(5)12/h1-4H3. The molecular formula is C10H12F4S. The van der Waals surface area contributed by atoms with Gasteiger partial charge in [-0.05, 0) is 25.7 Å². The number of rotatable bonds is 1. The first kappa shape index (κ1) is 12.4. The van der Waals surface area contributed by atoms with E-state index in [2.05, 4.69) is 0 Å². The zero-order valence-corrected chi connectivity index (χ0v) is 9.74. The van der Waals surface area contributed by atoms with Gasteiger partial charge in [0.1, 0.15) is 0 Å². The molecule has 0 unspecified atom stereocenters. The minimum absolute atomic E-state index is 0.469. The minimum atomic E-state index is -1.86. The quantitative estimate of drug-likeness (QED) is 0.519. The van der Waals surface area contributed by atoms with E-state index in [1.54, 1.807) is 18.8 Å². The van der Waals surface area contributed by atoms with Crippen LogP contribution in [0.3, 0.4) is 0 Å². The first-order valence-corrected chi connectivity index (χ1v) is 7.04. The van der Waals surface area contributed by atoms with Crippen LogP contribution in [0.15, 0.2) is 4.90 Å². The molecule has 0 atom stereocenters. The molecule has 0 heterocycles. The van der Waals surface area contributed by atoms with Gasteiger partial charge < -0.3 is 0 Å². The summed E-state index contributed by atoms with van der Waals surface area (Å²) in [6.45, 7) is 1.01. The molecule has 0 spiro atoms. The van der Waals surface area contributed by atoms with Crippen LogP contribution >= 0.6 is 10.0 Å². The number of hydrogen-bond acceptors (Lipinski definition) is 0. The maximum Gasteiger partial charge on any atom is 0.174 e. The molecule has 5 heteroatoms. The summed E-state index contributed by atoms with van der Waals surface area (Å²) in [5.41, 5.74) is -0.614. The highest BCUT2D eigenvalue weighted by atomic mass is 32.3. The average molecular weight is 240 g/mol. The Balaban J connectivity index is 3.68. The normalized spacial score (nSPS) is 13.1. The lowest BCUT2D eigenvalue weighted by atomic mass is 10.2. The zero-order chi connectivity index (χ0) is 12.0. The van der Waals surface area contributed by atoms with Crippen molar-refractivity contribution < 1.29 is 17.6 Å². The molecule has 0 nitrogen and oxygen atoms in total. The minimum Gasteiger partial charge on any atom is -0.218 e. The summed E-state index contributed by atoms with van der Waals surface area (Å²) >= 11 is 0. The predicted octanol–water partition coefficient (Wildman–Crippen LogP) is 3.60. The Morgan fingerprint density at radius 3 is 1.33 bits per heavy atom. The van der Waals surface area contributed by atoms with Crippen molar-refractivity contribution in [3.05, 3.63) is 28.8 Å². The van der Waals surface area contributed by atoms with Crippen molar-refractivity contribution in [2.75, 3.05) is 18.8 Å². The van der Waals surface area contributed by atoms with Gasteiger partial charge in [0.25, 0.3) is 0 Å². The van der Waals surface area contributed by atoms with Crippen LogP contribution in [0.2, 0.25) is 0 Å². The van der Waals surface area contributed by atoms with E-state index in [-0.39, 0.29) is 0 Å². The third-order valence-corrected chi connectivity index (χ3v) is 3.64. The fourth-order valence-electron chi connectivity index (χ4n) is 1.26. The highest BCUT2D eigenvalue weighted by molar-refractivity contribution is 8.32. The van der Waals surface area contributed by atoms with Gasteiger partial charge in [0.15, 0.2) is 23.3 Å². The summed E-state index contributed by atoms with van der Waals surface area (Å²) in [7, 11) is -1.86. The Bertz CT molecular complexity index is 378. The fourth-order valence-corrected chi connectivity index (χ4v) is 2.51. The SMILES string of the molecule is Cc1c(F)c(F)c(S(C)(C)C)c(F)c1F. The maximum atomic E-state index is 13.4. The fraction of sp³-hybridized carbons (Fsp3) is 0.400. The van der Waals surface area contributed by atoms with Crippen LogP contribution in [0.1, 0.15) is 5.56 Å². The molecule has 0 aliphatic carbocycles. The van der Waals surface area contributed by atoms with Crippen molar-refractivity contribution in [1.29, 1.82) is 0 Å². The highest BCUT2D eigenvalue weighted by Gasteiger charge is 2.27. The van der Waals surface area contributed by atoms with Crippen molar-refractivity contribution in [2.24, 2.45) is 0 Å². The zero-order valence-electron chi connectivity index (χ0n) is 8.92. The molecule has 0 saturated heterocycles. The summed E-state index contributed by atoms with van der Waals surface area (Å²) < 4.78 is 53.3. The van der Waals surface area contributed by atoms with Crippen LogP contribution < -0.4 is 0 Å². The molecule has 15 heavy (non-hydrogen) atoms. The van der Waals surface area contributed by atoms with E-state index in [4.69, 9.17) is 0 Å². The van der Waals surface area contributed by atoms with Gasteiger partial charge in [0.2, 0.25) is 0 Å². The van der Waals surface area contributed by atoms with Crippen molar-refractivity contribution in [1.82, 2.24) is 0 Å². The van der Waals surface area contributed by atoms with E-state index in [0.29, 0.717) is 0 Å². The molecule has 0 aliphatic rings. The predicted molar refractivity (Wildman–Crippen MR) is 54.6 cm³/mol. The van der Waals surface area contributed by atoms with Crippen LogP contribution in [0, 0.1) is 30.2 Å². The van der Waals surface area contributed by atoms with Crippen molar-refractivity contribution in [3.8, 4) is 0 Å². The van der Waals surface area contributed by atoms with Gasteiger partial charge in [-0.3, -0.25) is 0 Å². The molecule has 0 aliphatic heterocycles. The molecule has 0 amide bonds. The van der Waals surface area contributed by atoms with E-state index < -0.39 is 43.8 Å². The number of benzene rings is 1. The monoisotopic (exact) mass is 240 g/mol.